The summed E-state index contributed by atoms with van der Waals surface area (Å²) in [5, 5.41) is 3.18. The smallest absolute Gasteiger partial charge is 0.223 e. The first-order valence-corrected chi connectivity index (χ1v) is 10.3. The average molecular weight is 394 g/mol. The number of rotatable bonds is 5. The highest BCUT2D eigenvalue weighted by atomic mass is 32.2. The molecular formula is C17H19FN4O4S. The molecule has 2 aliphatic rings. The molecule has 1 aromatic heterocycles. The van der Waals surface area contributed by atoms with Crippen molar-refractivity contribution >= 4 is 16.0 Å². The Morgan fingerprint density at radius 2 is 1.89 bits per heavy atom. The second-order valence-electron chi connectivity index (χ2n) is 6.62. The maximum absolute atomic E-state index is 13.4. The third-order valence-corrected chi connectivity index (χ3v) is 5.24. The van der Waals surface area contributed by atoms with E-state index in [1.54, 1.807) is 24.4 Å². The first-order valence-electron chi connectivity index (χ1n) is 8.45. The highest BCUT2D eigenvalue weighted by Gasteiger charge is 2.48. The van der Waals surface area contributed by atoms with Crippen LogP contribution in [0.25, 0.3) is 11.3 Å². The van der Waals surface area contributed by atoms with Crippen LogP contribution >= 0.6 is 0 Å². The van der Waals surface area contributed by atoms with Gasteiger partial charge in [-0.1, -0.05) is 12.1 Å². The van der Waals surface area contributed by atoms with Crippen LogP contribution in [0.3, 0.4) is 0 Å². The van der Waals surface area contributed by atoms with Gasteiger partial charge in [-0.3, -0.25) is 0 Å². The molecule has 2 aliphatic heterocycles. The topological polar surface area (TPSA) is 102 Å². The van der Waals surface area contributed by atoms with Crippen molar-refractivity contribution in [3.8, 4) is 11.3 Å². The van der Waals surface area contributed by atoms with Gasteiger partial charge in [0.15, 0.2) is 0 Å². The predicted molar refractivity (Wildman–Crippen MR) is 96.1 cm³/mol. The Morgan fingerprint density at radius 1 is 1.15 bits per heavy atom. The summed E-state index contributed by atoms with van der Waals surface area (Å²) in [6.45, 7) is 0.579. The van der Waals surface area contributed by atoms with E-state index in [1.165, 1.54) is 12.1 Å². The van der Waals surface area contributed by atoms with Gasteiger partial charge in [0.2, 0.25) is 16.0 Å². The zero-order valence-corrected chi connectivity index (χ0v) is 15.3. The predicted octanol–water partition coefficient (Wildman–Crippen LogP) is 0.779. The van der Waals surface area contributed by atoms with Crippen molar-refractivity contribution in [2.75, 3.05) is 24.8 Å². The van der Waals surface area contributed by atoms with Gasteiger partial charge in [-0.05, 0) is 18.2 Å². The van der Waals surface area contributed by atoms with E-state index in [0.29, 0.717) is 23.8 Å². The molecule has 0 amide bonds. The lowest BCUT2D eigenvalue weighted by Crippen LogP contribution is -2.44. The summed E-state index contributed by atoms with van der Waals surface area (Å²) in [5.74, 6) is 0.0329. The van der Waals surface area contributed by atoms with E-state index in [-0.39, 0.29) is 30.7 Å². The van der Waals surface area contributed by atoms with Gasteiger partial charge < -0.3 is 14.8 Å². The van der Waals surface area contributed by atoms with Crippen molar-refractivity contribution in [3.63, 3.8) is 0 Å². The number of nitrogens with zero attached hydrogens (tertiary/aromatic N) is 2. The molecule has 27 heavy (non-hydrogen) atoms. The highest BCUT2D eigenvalue weighted by molar-refractivity contribution is 7.88. The van der Waals surface area contributed by atoms with E-state index >= 15 is 0 Å². The first kappa shape index (κ1) is 18.2. The summed E-state index contributed by atoms with van der Waals surface area (Å²) in [5.41, 5.74) is 1.24. The van der Waals surface area contributed by atoms with E-state index in [1.807, 2.05) is 0 Å². The molecule has 1 aromatic carbocycles. The minimum absolute atomic E-state index is 0.218. The lowest BCUT2D eigenvalue weighted by molar-refractivity contribution is 0.0690. The molecule has 10 heteroatoms. The zero-order valence-electron chi connectivity index (χ0n) is 14.5. The molecule has 0 bridgehead atoms. The van der Waals surface area contributed by atoms with Crippen molar-refractivity contribution in [1.29, 1.82) is 0 Å². The van der Waals surface area contributed by atoms with Crippen LogP contribution in [-0.4, -0.2) is 62.1 Å². The van der Waals surface area contributed by atoms with E-state index in [0.717, 1.165) is 6.26 Å². The summed E-state index contributed by atoms with van der Waals surface area (Å²) in [4.78, 5) is 8.63. The van der Waals surface area contributed by atoms with E-state index < -0.39 is 16.1 Å². The molecule has 0 spiro atoms. The average Bonchev–Trinajstić information content (AvgIpc) is 3.18. The normalized spacial score (nSPS) is 27.5. The number of ether oxygens (including phenoxy) is 2. The third kappa shape index (κ3) is 4.08. The molecule has 4 rings (SSSR count). The van der Waals surface area contributed by atoms with E-state index in [2.05, 4.69) is 20.0 Å². The van der Waals surface area contributed by atoms with Gasteiger partial charge in [-0.25, -0.2) is 27.5 Å². The van der Waals surface area contributed by atoms with Gasteiger partial charge in [0.25, 0.3) is 0 Å². The number of halogens is 1. The van der Waals surface area contributed by atoms with Crippen LogP contribution in [0.5, 0.6) is 0 Å². The largest absolute Gasteiger partial charge is 0.371 e. The summed E-state index contributed by atoms with van der Waals surface area (Å²) in [6.07, 6.45) is 2.01. The Bertz CT molecular complexity index is 942. The van der Waals surface area contributed by atoms with Gasteiger partial charge in [0.1, 0.15) is 18.0 Å². The summed E-state index contributed by atoms with van der Waals surface area (Å²) in [7, 11) is -3.35. The monoisotopic (exact) mass is 394 g/mol. The minimum atomic E-state index is -3.35. The molecule has 2 aromatic rings. The summed E-state index contributed by atoms with van der Waals surface area (Å²) in [6, 6.07) is 7.23. The molecule has 2 fully saturated rings. The number of aromatic nitrogens is 2. The Labute approximate surface area is 156 Å². The van der Waals surface area contributed by atoms with Crippen molar-refractivity contribution in [2.45, 2.75) is 24.3 Å². The van der Waals surface area contributed by atoms with Gasteiger partial charge >= 0.3 is 0 Å². The number of fused-ring (bicyclic) bond motifs is 1. The van der Waals surface area contributed by atoms with E-state index in [4.69, 9.17) is 9.47 Å². The zero-order chi connectivity index (χ0) is 19.0. The fourth-order valence-corrected chi connectivity index (χ4v) is 4.15. The second kappa shape index (κ2) is 7.12. The van der Waals surface area contributed by atoms with Gasteiger partial charge in [0.05, 0.1) is 37.2 Å². The van der Waals surface area contributed by atoms with Crippen molar-refractivity contribution in [1.82, 2.24) is 14.7 Å². The van der Waals surface area contributed by atoms with Gasteiger partial charge in [0, 0.05) is 11.8 Å². The van der Waals surface area contributed by atoms with Crippen LogP contribution in [0, 0.1) is 5.82 Å². The first-order chi connectivity index (χ1) is 12.9. The standard InChI is InChI=1S/C17H19FN4O4S/c1-27(23,24)22-14-9-26-15-13(8-25-16(14)15)21-17-19-6-5-12(20-17)10-3-2-4-11(18)7-10/h2-7,13-16,22H,8-9H2,1H3,(H,19,20,21)/t13-,14-,15+,16+/m0/s1. The summed E-state index contributed by atoms with van der Waals surface area (Å²) >= 11 is 0. The Kier molecular flexibility index (Phi) is 4.81. The number of sulfonamides is 1. The quantitative estimate of drug-likeness (QED) is 0.773. The highest BCUT2D eigenvalue weighted by Crippen LogP contribution is 2.29. The van der Waals surface area contributed by atoms with Crippen molar-refractivity contribution in [3.05, 3.63) is 42.3 Å². The van der Waals surface area contributed by atoms with Crippen LogP contribution in [-0.2, 0) is 19.5 Å². The minimum Gasteiger partial charge on any atom is -0.371 e. The molecule has 144 valence electrons. The molecule has 8 nitrogen and oxygen atoms in total. The van der Waals surface area contributed by atoms with Crippen LogP contribution in [0.1, 0.15) is 0 Å². The fraction of sp³-hybridized carbons (Fsp3) is 0.412. The van der Waals surface area contributed by atoms with Crippen LogP contribution < -0.4 is 10.0 Å². The third-order valence-electron chi connectivity index (χ3n) is 4.51. The molecule has 3 heterocycles. The Morgan fingerprint density at radius 3 is 2.63 bits per heavy atom. The second-order valence-corrected chi connectivity index (χ2v) is 8.40. The van der Waals surface area contributed by atoms with Gasteiger partial charge in [-0.15, -0.1) is 0 Å². The molecule has 0 unspecified atom stereocenters. The number of hydrogen-bond acceptors (Lipinski definition) is 7. The summed E-state index contributed by atoms with van der Waals surface area (Å²) < 4.78 is 50.4. The Balaban J connectivity index is 1.47. The molecule has 4 atom stereocenters. The van der Waals surface area contributed by atoms with Crippen LogP contribution in [0.15, 0.2) is 36.5 Å². The lowest BCUT2D eigenvalue weighted by Gasteiger charge is -2.18. The maximum Gasteiger partial charge on any atom is 0.223 e. The molecular weight excluding hydrogens is 375 g/mol. The Hall–Kier alpha value is -2.14. The molecule has 2 N–H and O–H groups in total. The number of benzene rings is 1. The fourth-order valence-electron chi connectivity index (χ4n) is 3.40. The lowest BCUT2D eigenvalue weighted by atomic mass is 10.1. The maximum atomic E-state index is 13.4. The van der Waals surface area contributed by atoms with Gasteiger partial charge in [-0.2, -0.15) is 0 Å². The van der Waals surface area contributed by atoms with Crippen molar-refractivity contribution < 1.29 is 22.3 Å². The molecule has 0 aliphatic carbocycles. The number of hydrogen-bond donors (Lipinski definition) is 2. The SMILES string of the molecule is CS(=O)(=O)N[C@H]1CO[C@H]2[C@@H]1OC[C@@H]2Nc1nccc(-c2cccc(F)c2)n1. The van der Waals surface area contributed by atoms with Crippen LogP contribution in [0.2, 0.25) is 0 Å². The number of anilines is 1. The molecule has 0 saturated carbocycles. The molecule has 0 radical (unpaired) electrons. The van der Waals surface area contributed by atoms with Crippen molar-refractivity contribution in [2.24, 2.45) is 0 Å². The van der Waals surface area contributed by atoms with E-state index in [9.17, 15) is 12.8 Å². The number of nitrogens with one attached hydrogen (secondary N) is 2. The van der Waals surface area contributed by atoms with Crippen LogP contribution in [0.4, 0.5) is 10.3 Å². The molecule has 2 saturated heterocycles.